The lowest BCUT2D eigenvalue weighted by Gasteiger charge is -2.11. The summed E-state index contributed by atoms with van der Waals surface area (Å²) in [6.45, 7) is 1.79. The summed E-state index contributed by atoms with van der Waals surface area (Å²) in [5, 5.41) is 18.3. The third kappa shape index (κ3) is 4.49. The predicted molar refractivity (Wildman–Crippen MR) is 128 cm³/mol. The summed E-state index contributed by atoms with van der Waals surface area (Å²) in [5.74, 6) is 0.0104. The van der Waals surface area contributed by atoms with Gasteiger partial charge in [0, 0.05) is 23.3 Å². The van der Waals surface area contributed by atoms with Gasteiger partial charge in [0.2, 0.25) is 5.88 Å². The first-order valence-electron chi connectivity index (χ1n) is 10.3. The Morgan fingerprint density at radius 3 is 2.73 bits per heavy atom. The molecule has 0 aliphatic heterocycles. The van der Waals surface area contributed by atoms with Crippen LogP contribution in [0.2, 0.25) is 0 Å². The molecule has 0 saturated heterocycles. The van der Waals surface area contributed by atoms with Crippen LogP contribution in [0.5, 0.6) is 0 Å². The maximum atomic E-state index is 12.8. The van der Waals surface area contributed by atoms with Gasteiger partial charge in [0.1, 0.15) is 0 Å². The molecule has 5 aromatic rings. The number of carbonyl (C=O) groups excluding carboxylic acids is 1. The molecule has 0 radical (unpaired) electrons. The molecular formula is C25H20N6O2. The number of benzene rings is 2. The van der Waals surface area contributed by atoms with Crippen LogP contribution in [0, 0.1) is 6.92 Å². The van der Waals surface area contributed by atoms with Gasteiger partial charge in [-0.1, -0.05) is 23.4 Å². The highest BCUT2D eigenvalue weighted by molar-refractivity contribution is 6.08. The maximum absolute atomic E-state index is 12.8. The van der Waals surface area contributed by atoms with Crippen LogP contribution in [-0.2, 0) is 0 Å². The summed E-state index contributed by atoms with van der Waals surface area (Å²) in [6, 6.07) is 20.6. The van der Waals surface area contributed by atoms with E-state index < -0.39 is 0 Å². The fourth-order valence-corrected chi connectivity index (χ4v) is 3.43. The van der Waals surface area contributed by atoms with Gasteiger partial charge in [0.25, 0.3) is 5.91 Å². The van der Waals surface area contributed by atoms with Crippen LogP contribution in [0.3, 0.4) is 0 Å². The van der Waals surface area contributed by atoms with Crippen LogP contribution in [0.1, 0.15) is 27.4 Å². The van der Waals surface area contributed by atoms with Crippen LogP contribution < -0.4 is 10.6 Å². The van der Waals surface area contributed by atoms with Gasteiger partial charge in [-0.05, 0) is 61.5 Å². The number of rotatable bonds is 6. The summed E-state index contributed by atoms with van der Waals surface area (Å²) < 4.78 is 5.09. The van der Waals surface area contributed by atoms with Crippen molar-refractivity contribution in [3.63, 3.8) is 0 Å². The third-order valence-corrected chi connectivity index (χ3v) is 5.01. The zero-order valence-electron chi connectivity index (χ0n) is 17.7. The normalized spacial score (nSPS) is 11.2. The molecule has 3 N–H and O–H groups in total. The van der Waals surface area contributed by atoms with Crippen molar-refractivity contribution in [2.45, 2.75) is 6.92 Å². The number of hydrogen-bond donors (Lipinski definition) is 3. The van der Waals surface area contributed by atoms with Gasteiger partial charge in [0.15, 0.2) is 0 Å². The van der Waals surface area contributed by atoms with E-state index in [4.69, 9.17) is 4.52 Å². The Bertz CT molecular complexity index is 1450. The Labute approximate surface area is 189 Å². The molecule has 1 amide bonds. The number of aromatic amines is 1. The molecule has 162 valence electrons. The fourth-order valence-electron chi connectivity index (χ4n) is 3.43. The number of aromatic nitrogens is 4. The number of nitrogens with one attached hydrogen (secondary N) is 3. The SMILES string of the molecule is Cc1cc(NC(=O)c2ccccc2Nc2ccc3c(/C=C/c4ccccn4)n[nH]c3c2)on1. The topological polar surface area (TPSA) is 109 Å². The van der Waals surface area contributed by atoms with Crippen molar-refractivity contribution in [2.75, 3.05) is 10.6 Å². The summed E-state index contributed by atoms with van der Waals surface area (Å²) in [5.41, 5.74) is 5.22. The van der Waals surface area contributed by atoms with Crippen LogP contribution >= 0.6 is 0 Å². The molecular weight excluding hydrogens is 416 g/mol. The number of para-hydroxylation sites is 1. The number of aryl methyl sites for hydroxylation is 1. The van der Waals surface area contributed by atoms with E-state index in [0.717, 1.165) is 28.0 Å². The van der Waals surface area contributed by atoms with Crippen molar-refractivity contribution in [1.29, 1.82) is 0 Å². The molecule has 5 rings (SSSR count). The number of nitrogens with zero attached hydrogens (tertiary/aromatic N) is 3. The molecule has 0 aliphatic carbocycles. The number of pyridine rings is 1. The third-order valence-electron chi connectivity index (χ3n) is 5.01. The van der Waals surface area contributed by atoms with E-state index >= 15 is 0 Å². The molecule has 33 heavy (non-hydrogen) atoms. The molecule has 3 aromatic heterocycles. The Kier molecular flexibility index (Phi) is 5.38. The average Bonchev–Trinajstić information content (AvgIpc) is 3.44. The van der Waals surface area contributed by atoms with Gasteiger partial charge < -0.3 is 9.84 Å². The van der Waals surface area contributed by atoms with Crippen LogP contribution in [0.15, 0.2) is 77.4 Å². The van der Waals surface area contributed by atoms with Crippen molar-refractivity contribution < 1.29 is 9.32 Å². The number of hydrogen-bond acceptors (Lipinski definition) is 6. The first-order valence-corrected chi connectivity index (χ1v) is 10.3. The first kappa shape index (κ1) is 20.2. The molecule has 0 unspecified atom stereocenters. The van der Waals surface area contributed by atoms with Crippen molar-refractivity contribution in [3.05, 3.63) is 95.6 Å². The van der Waals surface area contributed by atoms with Gasteiger partial charge >= 0.3 is 0 Å². The average molecular weight is 436 g/mol. The minimum atomic E-state index is -0.293. The Balaban J connectivity index is 1.37. The Morgan fingerprint density at radius 1 is 1.03 bits per heavy atom. The molecule has 0 spiro atoms. The highest BCUT2D eigenvalue weighted by Gasteiger charge is 2.14. The zero-order valence-corrected chi connectivity index (χ0v) is 17.7. The number of H-pyrrole nitrogens is 1. The van der Waals surface area contributed by atoms with E-state index in [2.05, 4.69) is 31.0 Å². The van der Waals surface area contributed by atoms with E-state index in [1.807, 2.05) is 66.7 Å². The van der Waals surface area contributed by atoms with Gasteiger partial charge in [-0.3, -0.25) is 20.2 Å². The molecule has 2 aromatic carbocycles. The van der Waals surface area contributed by atoms with Crippen molar-refractivity contribution in [2.24, 2.45) is 0 Å². The van der Waals surface area contributed by atoms with E-state index in [9.17, 15) is 4.79 Å². The summed E-state index contributed by atoms with van der Waals surface area (Å²) in [4.78, 5) is 17.1. The molecule has 0 atom stereocenters. The smallest absolute Gasteiger partial charge is 0.260 e. The van der Waals surface area contributed by atoms with E-state index in [1.165, 1.54) is 0 Å². The lowest BCUT2D eigenvalue weighted by molar-refractivity contribution is 0.102. The highest BCUT2D eigenvalue weighted by atomic mass is 16.5. The standard InChI is InChI=1S/C25H20N6O2/c1-16-14-24(33-31-16)28-25(32)20-7-2-3-8-21(20)27-18-9-11-19-22(29-30-23(19)15-18)12-10-17-6-4-5-13-26-17/h2-15,27H,1H3,(H,28,32)(H,29,30)/b12-10+. The van der Waals surface area contributed by atoms with Gasteiger partial charge in [-0.2, -0.15) is 5.10 Å². The lowest BCUT2D eigenvalue weighted by Crippen LogP contribution is -2.13. The van der Waals surface area contributed by atoms with Crippen molar-refractivity contribution in [1.82, 2.24) is 20.3 Å². The van der Waals surface area contributed by atoms with Gasteiger partial charge in [-0.15, -0.1) is 0 Å². The number of anilines is 3. The van der Waals surface area contributed by atoms with Crippen molar-refractivity contribution >= 4 is 46.2 Å². The number of carbonyl (C=O) groups is 1. The van der Waals surface area contributed by atoms with E-state index in [1.54, 1.807) is 25.3 Å². The van der Waals surface area contributed by atoms with E-state index in [0.29, 0.717) is 22.8 Å². The van der Waals surface area contributed by atoms with Crippen LogP contribution in [-0.4, -0.2) is 26.2 Å². The van der Waals surface area contributed by atoms with E-state index in [-0.39, 0.29) is 5.91 Å². The van der Waals surface area contributed by atoms with Crippen molar-refractivity contribution in [3.8, 4) is 0 Å². The second kappa shape index (κ2) is 8.80. The maximum Gasteiger partial charge on any atom is 0.260 e. The van der Waals surface area contributed by atoms with Gasteiger partial charge in [-0.25, -0.2) is 0 Å². The molecule has 8 nitrogen and oxygen atoms in total. The predicted octanol–water partition coefficient (Wildman–Crippen LogP) is 5.42. The first-order chi connectivity index (χ1) is 16.2. The lowest BCUT2D eigenvalue weighted by atomic mass is 10.1. The summed E-state index contributed by atoms with van der Waals surface area (Å²) in [7, 11) is 0. The number of fused-ring (bicyclic) bond motifs is 1. The number of amides is 1. The fraction of sp³-hybridized carbons (Fsp3) is 0.0400. The molecule has 0 aliphatic rings. The highest BCUT2D eigenvalue weighted by Crippen LogP contribution is 2.26. The minimum Gasteiger partial charge on any atom is -0.355 e. The largest absolute Gasteiger partial charge is 0.355 e. The molecule has 8 heteroatoms. The zero-order chi connectivity index (χ0) is 22.6. The van der Waals surface area contributed by atoms with Crippen LogP contribution in [0.25, 0.3) is 23.1 Å². The monoisotopic (exact) mass is 436 g/mol. The second-order valence-electron chi connectivity index (χ2n) is 7.41. The minimum absolute atomic E-state index is 0.293. The molecule has 0 bridgehead atoms. The quantitative estimate of drug-likeness (QED) is 0.328. The van der Waals surface area contributed by atoms with Gasteiger partial charge in [0.05, 0.1) is 33.8 Å². The summed E-state index contributed by atoms with van der Waals surface area (Å²) in [6.07, 6.45) is 5.61. The molecule has 0 fully saturated rings. The molecule has 3 heterocycles. The van der Waals surface area contributed by atoms with Crippen LogP contribution in [0.4, 0.5) is 17.3 Å². The Hall–Kier alpha value is -4.72. The second-order valence-corrected chi connectivity index (χ2v) is 7.41. The summed E-state index contributed by atoms with van der Waals surface area (Å²) >= 11 is 0. The Morgan fingerprint density at radius 2 is 1.91 bits per heavy atom. The molecule has 0 saturated carbocycles.